The topological polar surface area (TPSA) is 91.8 Å². The van der Waals surface area contributed by atoms with Crippen LogP contribution in [0.5, 0.6) is 5.88 Å². The average molecular weight is 396 g/mol. The summed E-state index contributed by atoms with van der Waals surface area (Å²) in [6, 6.07) is 0.372. The summed E-state index contributed by atoms with van der Waals surface area (Å²) in [4.78, 5) is 27.7. The molecule has 2 rings (SSSR count). The number of carboxylic acids is 1. The summed E-state index contributed by atoms with van der Waals surface area (Å²) in [5, 5.41) is 11.3. The molecule has 1 fully saturated rings. The van der Waals surface area contributed by atoms with Crippen LogP contribution in [0.2, 0.25) is 5.02 Å². The van der Waals surface area contributed by atoms with Crippen LogP contribution in [0.1, 0.15) is 18.4 Å². The van der Waals surface area contributed by atoms with Crippen LogP contribution in [0.4, 0.5) is 18.0 Å². The van der Waals surface area contributed by atoms with Crippen LogP contribution in [-0.4, -0.2) is 53.2 Å². The van der Waals surface area contributed by atoms with E-state index < -0.39 is 23.6 Å². The number of hydrogen-bond acceptors (Lipinski definition) is 4. The SMILES string of the molecule is O=C(O)C1CCN(C(=O)NCCCOc2ncc(C(F)(F)F)cc2Cl)C1. The molecule has 1 saturated heterocycles. The van der Waals surface area contributed by atoms with Crippen LogP contribution in [0.3, 0.4) is 0 Å². The molecule has 1 aliphatic heterocycles. The predicted octanol–water partition coefficient (Wildman–Crippen LogP) is 2.64. The minimum absolute atomic E-state index is 0.0934. The number of urea groups is 1. The molecule has 1 aromatic rings. The first-order chi connectivity index (χ1) is 12.2. The Morgan fingerprint density at radius 2 is 2.19 bits per heavy atom. The molecule has 7 nitrogen and oxygen atoms in total. The number of nitrogens with one attached hydrogen (secondary N) is 1. The molecule has 26 heavy (non-hydrogen) atoms. The number of nitrogens with zero attached hydrogens (tertiary/aromatic N) is 2. The molecule has 2 heterocycles. The van der Waals surface area contributed by atoms with Crippen molar-refractivity contribution in [1.82, 2.24) is 15.2 Å². The van der Waals surface area contributed by atoms with Gasteiger partial charge < -0.3 is 20.1 Å². The second-order valence-corrected chi connectivity index (χ2v) is 6.12. The van der Waals surface area contributed by atoms with Crippen LogP contribution in [0.15, 0.2) is 12.3 Å². The molecule has 1 unspecified atom stereocenters. The maximum Gasteiger partial charge on any atom is 0.417 e. The monoisotopic (exact) mass is 395 g/mol. The molecular weight excluding hydrogens is 379 g/mol. The zero-order valence-corrected chi connectivity index (χ0v) is 14.3. The number of halogens is 4. The van der Waals surface area contributed by atoms with Crippen molar-refractivity contribution in [1.29, 1.82) is 0 Å². The summed E-state index contributed by atoms with van der Waals surface area (Å²) in [7, 11) is 0. The Balaban J connectivity index is 1.69. The minimum atomic E-state index is -4.53. The Morgan fingerprint density at radius 1 is 1.46 bits per heavy atom. The van der Waals surface area contributed by atoms with E-state index in [0.29, 0.717) is 25.6 Å². The van der Waals surface area contributed by atoms with Crippen molar-refractivity contribution >= 4 is 23.6 Å². The van der Waals surface area contributed by atoms with E-state index in [1.165, 1.54) is 4.90 Å². The van der Waals surface area contributed by atoms with Gasteiger partial charge in [-0.05, 0) is 18.9 Å². The summed E-state index contributed by atoms with van der Waals surface area (Å²) < 4.78 is 42.7. The molecule has 0 radical (unpaired) electrons. The summed E-state index contributed by atoms with van der Waals surface area (Å²) >= 11 is 5.71. The Hall–Kier alpha value is -2.23. The maximum atomic E-state index is 12.5. The van der Waals surface area contributed by atoms with Gasteiger partial charge in [0.25, 0.3) is 0 Å². The van der Waals surface area contributed by atoms with Gasteiger partial charge >= 0.3 is 18.2 Å². The number of likely N-dealkylation sites (tertiary alicyclic amines) is 1. The molecule has 2 N–H and O–H groups in total. The summed E-state index contributed by atoms with van der Waals surface area (Å²) in [6.45, 7) is 0.897. The molecule has 1 aromatic heterocycles. The van der Waals surface area contributed by atoms with E-state index in [1.807, 2.05) is 0 Å². The zero-order chi connectivity index (χ0) is 19.3. The van der Waals surface area contributed by atoms with Crippen molar-refractivity contribution in [2.75, 3.05) is 26.2 Å². The first-order valence-corrected chi connectivity index (χ1v) is 8.17. The van der Waals surface area contributed by atoms with Gasteiger partial charge in [-0.15, -0.1) is 0 Å². The van der Waals surface area contributed by atoms with Gasteiger partial charge in [-0.1, -0.05) is 11.6 Å². The van der Waals surface area contributed by atoms with Crippen molar-refractivity contribution in [2.45, 2.75) is 19.0 Å². The highest BCUT2D eigenvalue weighted by Gasteiger charge is 2.32. The second-order valence-electron chi connectivity index (χ2n) is 5.71. The van der Waals surface area contributed by atoms with Gasteiger partial charge in [0.2, 0.25) is 5.88 Å². The number of ether oxygens (including phenoxy) is 1. The lowest BCUT2D eigenvalue weighted by Gasteiger charge is -2.16. The Kier molecular flexibility index (Phi) is 6.52. The fourth-order valence-electron chi connectivity index (χ4n) is 2.38. The number of carbonyl (C=O) groups excluding carboxylic acids is 1. The van der Waals surface area contributed by atoms with E-state index in [-0.39, 0.29) is 36.6 Å². The molecule has 0 saturated carbocycles. The van der Waals surface area contributed by atoms with Gasteiger partial charge in [0, 0.05) is 25.8 Å². The number of hydrogen-bond donors (Lipinski definition) is 2. The maximum absolute atomic E-state index is 12.5. The lowest BCUT2D eigenvalue weighted by molar-refractivity contribution is -0.141. The van der Waals surface area contributed by atoms with E-state index >= 15 is 0 Å². The minimum Gasteiger partial charge on any atom is -0.481 e. The van der Waals surface area contributed by atoms with Crippen LogP contribution < -0.4 is 10.1 Å². The number of amides is 2. The van der Waals surface area contributed by atoms with Gasteiger partial charge in [-0.25, -0.2) is 9.78 Å². The molecular formula is C15H17ClF3N3O4. The zero-order valence-electron chi connectivity index (χ0n) is 13.6. The molecule has 144 valence electrons. The van der Waals surface area contributed by atoms with Gasteiger partial charge in [-0.2, -0.15) is 13.2 Å². The molecule has 1 aliphatic rings. The van der Waals surface area contributed by atoms with Gasteiger partial charge in [0.15, 0.2) is 0 Å². The van der Waals surface area contributed by atoms with E-state index in [9.17, 15) is 22.8 Å². The van der Waals surface area contributed by atoms with Crippen LogP contribution in [0, 0.1) is 5.92 Å². The van der Waals surface area contributed by atoms with E-state index in [4.69, 9.17) is 21.4 Å². The predicted molar refractivity (Wildman–Crippen MR) is 85.1 cm³/mol. The summed E-state index contributed by atoms with van der Waals surface area (Å²) in [6.07, 6.45) is -3.10. The number of pyridine rings is 1. The highest BCUT2D eigenvalue weighted by atomic mass is 35.5. The molecule has 2 amide bonds. The number of aromatic nitrogens is 1. The summed E-state index contributed by atoms with van der Waals surface area (Å²) in [5.41, 5.74) is -0.965. The molecule has 0 spiro atoms. The fraction of sp³-hybridized carbons (Fsp3) is 0.533. The van der Waals surface area contributed by atoms with Crippen molar-refractivity contribution in [2.24, 2.45) is 5.92 Å². The average Bonchev–Trinajstić information content (AvgIpc) is 3.05. The third-order valence-electron chi connectivity index (χ3n) is 3.80. The Morgan fingerprint density at radius 3 is 2.77 bits per heavy atom. The number of alkyl halides is 3. The van der Waals surface area contributed by atoms with Gasteiger partial charge in [0.05, 0.1) is 18.1 Å². The molecule has 0 bridgehead atoms. The molecule has 1 atom stereocenters. The number of carboxylic acid groups (broad SMARTS) is 1. The van der Waals surface area contributed by atoms with E-state index in [0.717, 1.165) is 6.07 Å². The quantitative estimate of drug-likeness (QED) is 0.722. The first kappa shape index (κ1) is 20.1. The lowest BCUT2D eigenvalue weighted by Crippen LogP contribution is -2.39. The highest BCUT2D eigenvalue weighted by molar-refractivity contribution is 6.31. The third kappa shape index (κ3) is 5.38. The smallest absolute Gasteiger partial charge is 0.417 e. The van der Waals surface area contributed by atoms with E-state index in [2.05, 4.69) is 10.3 Å². The number of aliphatic carboxylic acids is 1. The standard InChI is InChI=1S/C15H17ClF3N3O4/c16-11-6-10(15(17,18)19)7-21-12(11)26-5-1-3-20-14(25)22-4-2-9(8-22)13(23)24/h6-7,9H,1-5,8H2,(H,20,25)(H,23,24). The molecule has 11 heteroatoms. The normalized spacial score (nSPS) is 17.2. The molecule has 0 aliphatic carbocycles. The fourth-order valence-corrected chi connectivity index (χ4v) is 2.60. The lowest BCUT2D eigenvalue weighted by atomic mass is 10.1. The third-order valence-corrected chi connectivity index (χ3v) is 4.07. The van der Waals surface area contributed by atoms with Crippen LogP contribution in [0.25, 0.3) is 0 Å². The Labute approximate surface area is 152 Å². The van der Waals surface area contributed by atoms with Crippen molar-refractivity contribution < 1.29 is 32.6 Å². The van der Waals surface area contributed by atoms with Crippen molar-refractivity contribution in [3.8, 4) is 5.88 Å². The van der Waals surface area contributed by atoms with E-state index in [1.54, 1.807) is 0 Å². The van der Waals surface area contributed by atoms with Crippen molar-refractivity contribution in [3.63, 3.8) is 0 Å². The van der Waals surface area contributed by atoms with Crippen molar-refractivity contribution in [3.05, 3.63) is 22.8 Å². The van der Waals surface area contributed by atoms with Crippen LogP contribution >= 0.6 is 11.6 Å². The first-order valence-electron chi connectivity index (χ1n) is 7.79. The number of rotatable bonds is 6. The number of carbonyl (C=O) groups is 2. The highest BCUT2D eigenvalue weighted by Crippen LogP contribution is 2.33. The Bertz CT molecular complexity index is 672. The summed E-state index contributed by atoms with van der Waals surface area (Å²) in [5.74, 6) is -1.58. The van der Waals surface area contributed by atoms with Crippen LogP contribution in [-0.2, 0) is 11.0 Å². The largest absolute Gasteiger partial charge is 0.481 e. The molecule has 0 aromatic carbocycles. The van der Waals surface area contributed by atoms with Gasteiger partial charge in [0.1, 0.15) is 5.02 Å². The van der Waals surface area contributed by atoms with Gasteiger partial charge in [-0.3, -0.25) is 4.79 Å². The second kappa shape index (κ2) is 8.43.